The Kier molecular flexibility index (Phi) is 7.34. The molecule has 1 aromatic heterocycles. The second-order valence-corrected chi connectivity index (χ2v) is 10.9. The van der Waals surface area contributed by atoms with Gasteiger partial charge in [-0.15, -0.1) is 0 Å². The molecular weight excluding hydrogens is 512 g/mol. The van der Waals surface area contributed by atoms with Crippen LogP contribution in [0.3, 0.4) is 0 Å². The van der Waals surface area contributed by atoms with Gasteiger partial charge in [-0.05, 0) is 78.9 Å². The molecule has 0 unspecified atom stereocenters. The van der Waals surface area contributed by atoms with Crippen LogP contribution < -0.4 is 5.32 Å². The summed E-state index contributed by atoms with van der Waals surface area (Å²) < 4.78 is 34.8. The second kappa shape index (κ2) is 10.9. The van der Waals surface area contributed by atoms with E-state index in [1.54, 1.807) is 31.2 Å². The van der Waals surface area contributed by atoms with E-state index in [-0.39, 0.29) is 17.2 Å². The van der Waals surface area contributed by atoms with E-state index in [4.69, 9.17) is 0 Å². The summed E-state index contributed by atoms with van der Waals surface area (Å²) in [5, 5.41) is 14.9. The maximum absolute atomic E-state index is 13.0. The number of aliphatic hydroxyl groups excluding tert-OH is 1. The van der Waals surface area contributed by atoms with Gasteiger partial charge in [0.25, 0.3) is 16.0 Å². The lowest BCUT2D eigenvalue weighted by molar-refractivity contribution is 0.102. The molecule has 1 atom stereocenters. The molecule has 5 aromatic rings. The minimum Gasteiger partial charge on any atom is -0.392 e. The predicted molar refractivity (Wildman–Crippen MR) is 152 cm³/mol. The van der Waals surface area contributed by atoms with Crippen molar-refractivity contribution < 1.29 is 22.9 Å². The first-order valence-electron chi connectivity index (χ1n) is 12.5. The molecule has 0 aliphatic carbocycles. The molecule has 1 amide bonds. The summed E-state index contributed by atoms with van der Waals surface area (Å²) >= 11 is 0. The summed E-state index contributed by atoms with van der Waals surface area (Å²) in [6.07, 6.45) is -0.229. The van der Waals surface area contributed by atoms with Gasteiger partial charge in [0.15, 0.2) is 0 Å². The van der Waals surface area contributed by atoms with Gasteiger partial charge in [-0.2, -0.15) is 8.42 Å². The van der Waals surface area contributed by atoms with Crippen molar-refractivity contribution in [3.05, 3.63) is 125 Å². The van der Waals surface area contributed by atoms with E-state index in [9.17, 15) is 22.9 Å². The van der Waals surface area contributed by atoms with Gasteiger partial charge in [0, 0.05) is 16.6 Å². The standard InChI is InChI=1S/C31H28N2O5S/c1-21-24(13-8-16-29(21)39(36,37)38)19-27(34)18-22-9-7-14-26(17-22)33-28-15-6-5-12-25(28)20-30(33)32-31(35)23-10-3-2-4-11-23/h2-17,20,27,34H,18-19H2,1H3,(H,32,35)(H,36,37,38)/t27-/m0/s1. The number of carbonyl (C=O) groups excluding carboxylic acids is 1. The summed E-state index contributed by atoms with van der Waals surface area (Å²) in [6.45, 7) is 1.62. The monoisotopic (exact) mass is 540 g/mol. The van der Waals surface area contributed by atoms with E-state index < -0.39 is 16.2 Å². The molecule has 0 bridgehead atoms. The Bertz CT molecular complexity index is 1760. The normalized spacial score (nSPS) is 12.4. The number of aliphatic hydroxyl groups is 1. The average Bonchev–Trinajstić information content (AvgIpc) is 3.27. The molecule has 0 aliphatic rings. The topological polar surface area (TPSA) is 109 Å². The first-order chi connectivity index (χ1) is 18.7. The molecular formula is C31H28N2O5S. The molecule has 0 saturated heterocycles. The number of para-hydroxylation sites is 1. The largest absolute Gasteiger partial charge is 0.392 e. The van der Waals surface area contributed by atoms with Crippen molar-refractivity contribution in [3.63, 3.8) is 0 Å². The molecule has 5 rings (SSSR count). The van der Waals surface area contributed by atoms with Gasteiger partial charge in [-0.3, -0.25) is 13.9 Å². The van der Waals surface area contributed by atoms with Gasteiger partial charge >= 0.3 is 0 Å². The van der Waals surface area contributed by atoms with Crippen molar-refractivity contribution >= 4 is 32.7 Å². The van der Waals surface area contributed by atoms with Gasteiger partial charge in [0.1, 0.15) is 5.82 Å². The van der Waals surface area contributed by atoms with E-state index >= 15 is 0 Å². The number of benzene rings is 4. The molecule has 0 aliphatic heterocycles. The van der Waals surface area contributed by atoms with Crippen molar-refractivity contribution in [2.24, 2.45) is 0 Å². The van der Waals surface area contributed by atoms with Crippen LogP contribution >= 0.6 is 0 Å². The lowest BCUT2D eigenvalue weighted by Crippen LogP contribution is -2.16. The Balaban J connectivity index is 1.43. The number of hydrogen-bond acceptors (Lipinski definition) is 4. The number of amides is 1. The number of fused-ring (bicyclic) bond motifs is 1. The van der Waals surface area contributed by atoms with Gasteiger partial charge in [-0.25, -0.2) is 0 Å². The molecule has 8 heteroatoms. The fourth-order valence-electron chi connectivity index (χ4n) is 4.88. The number of aromatic nitrogens is 1. The number of nitrogens with one attached hydrogen (secondary N) is 1. The molecule has 4 aromatic carbocycles. The van der Waals surface area contributed by atoms with Crippen LogP contribution in [0.15, 0.2) is 108 Å². The summed E-state index contributed by atoms with van der Waals surface area (Å²) in [7, 11) is -4.34. The zero-order valence-corrected chi connectivity index (χ0v) is 22.1. The SMILES string of the molecule is Cc1c(C[C@@H](O)Cc2cccc(-n3c(NC(=O)c4ccccc4)cc4ccccc43)c2)cccc1S(=O)(=O)O. The third kappa shape index (κ3) is 5.78. The number of anilines is 1. The van der Waals surface area contributed by atoms with Crippen LogP contribution in [0.4, 0.5) is 5.82 Å². The first-order valence-corrected chi connectivity index (χ1v) is 13.9. The number of rotatable bonds is 8. The van der Waals surface area contributed by atoms with E-state index in [1.165, 1.54) is 6.07 Å². The van der Waals surface area contributed by atoms with Crippen molar-refractivity contribution in [1.29, 1.82) is 0 Å². The van der Waals surface area contributed by atoms with Crippen LogP contribution in [0.1, 0.15) is 27.0 Å². The van der Waals surface area contributed by atoms with Crippen molar-refractivity contribution in [2.75, 3.05) is 5.32 Å². The molecule has 1 heterocycles. The van der Waals surface area contributed by atoms with Gasteiger partial charge in [0.2, 0.25) is 0 Å². The minimum absolute atomic E-state index is 0.154. The van der Waals surface area contributed by atoms with E-state index in [2.05, 4.69) is 5.32 Å². The fraction of sp³-hybridized carbons (Fsp3) is 0.129. The van der Waals surface area contributed by atoms with Crippen molar-refractivity contribution in [3.8, 4) is 5.69 Å². The molecule has 3 N–H and O–H groups in total. The van der Waals surface area contributed by atoms with Crippen LogP contribution in [-0.2, 0) is 23.0 Å². The predicted octanol–water partition coefficient (Wildman–Crippen LogP) is 5.58. The second-order valence-electron chi connectivity index (χ2n) is 9.49. The maximum atomic E-state index is 13.0. The van der Waals surface area contributed by atoms with E-state index in [0.717, 1.165) is 22.2 Å². The highest BCUT2D eigenvalue weighted by atomic mass is 32.2. The minimum atomic E-state index is -4.34. The number of carbonyl (C=O) groups is 1. The number of hydrogen-bond donors (Lipinski definition) is 3. The zero-order chi connectivity index (χ0) is 27.6. The molecule has 198 valence electrons. The molecule has 0 fully saturated rings. The van der Waals surface area contributed by atoms with Crippen molar-refractivity contribution in [2.45, 2.75) is 30.8 Å². The molecule has 0 spiro atoms. The van der Waals surface area contributed by atoms with E-state index in [1.807, 2.05) is 77.4 Å². The lowest BCUT2D eigenvalue weighted by atomic mass is 9.98. The Hall–Kier alpha value is -4.24. The van der Waals surface area contributed by atoms with Crippen LogP contribution in [0.25, 0.3) is 16.6 Å². The highest BCUT2D eigenvalue weighted by molar-refractivity contribution is 7.85. The summed E-state index contributed by atoms with van der Waals surface area (Å²) in [5.41, 5.74) is 4.26. The Morgan fingerprint density at radius 2 is 1.59 bits per heavy atom. The van der Waals surface area contributed by atoms with Crippen molar-refractivity contribution in [1.82, 2.24) is 4.57 Å². The van der Waals surface area contributed by atoms with Crippen LogP contribution in [0, 0.1) is 6.92 Å². The quantitative estimate of drug-likeness (QED) is 0.223. The summed E-state index contributed by atoms with van der Waals surface area (Å²) in [5.74, 6) is 0.411. The van der Waals surface area contributed by atoms with E-state index in [0.29, 0.717) is 28.9 Å². The van der Waals surface area contributed by atoms with Crippen LogP contribution in [0.5, 0.6) is 0 Å². The Labute approximate surface area is 227 Å². The lowest BCUT2D eigenvalue weighted by Gasteiger charge is -2.16. The molecule has 0 radical (unpaired) electrons. The molecule has 39 heavy (non-hydrogen) atoms. The Morgan fingerprint density at radius 3 is 2.36 bits per heavy atom. The maximum Gasteiger partial charge on any atom is 0.294 e. The molecule has 7 nitrogen and oxygen atoms in total. The van der Waals surface area contributed by atoms with Crippen LogP contribution in [0.2, 0.25) is 0 Å². The molecule has 0 saturated carbocycles. The highest BCUT2D eigenvalue weighted by Crippen LogP contribution is 2.29. The fourth-order valence-corrected chi connectivity index (χ4v) is 5.65. The first kappa shape index (κ1) is 26.4. The van der Waals surface area contributed by atoms with Crippen LogP contribution in [-0.4, -0.2) is 34.7 Å². The van der Waals surface area contributed by atoms with Gasteiger partial charge in [0.05, 0.1) is 16.5 Å². The highest BCUT2D eigenvalue weighted by Gasteiger charge is 2.18. The third-order valence-corrected chi connectivity index (χ3v) is 7.76. The summed E-state index contributed by atoms with van der Waals surface area (Å²) in [4.78, 5) is 12.8. The zero-order valence-electron chi connectivity index (χ0n) is 21.3. The number of nitrogens with zero attached hydrogens (tertiary/aromatic N) is 1. The Morgan fingerprint density at radius 1 is 0.872 bits per heavy atom. The van der Waals surface area contributed by atoms with Gasteiger partial charge < -0.3 is 10.4 Å². The van der Waals surface area contributed by atoms with Gasteiger partial charge in [-0.1, -0.05) is 60.7 Å². The smallest absolute Gasteiger partial charge is 0.294 e. The third-order valence-electron chi connectivity index (χ3n) is 6.76. The average molecular weight is 541 g/mol. The summed E-state index contributed by atoms with van der Waals surface area (Å²) in [6, 6.07) is 31.2.